The van der Waals surface area contributed by atoms with Crippen LogP contribution in [0.3, 0.4) is 0 Å². The molecule has 25 heavy (non-hydrogen) atoms. The second-order valence-electron chi connectivity index (χ2n) is 5.26. The van der Waals surface area contributed by atoms with Crippen LogP contribution in [0.1, 0.15) is 12.8 Å². The summed E-state index contributed by atoms with van der Waals surface area (Å²) >= 11 is 0. The minimum absolute atomic E-state index is 0. The summed E-state index contributed by atoms with van der Waals surface area (Å²) in [6, 6.07) is 0. The first-order valence-corrected chi connectivity index (χ1v) is 6.69. The summed E-state index contributed by atoms with van der Waals surface area (Å²) in [5, 5.41) is 65.0. The van der Waals surface area contributed by atoms with Gasteiger partial charge in [0.05, 0.1) is 19.4 Å². The molecular formula is C12H19NaO12. The van der Waals surface area contributed by atoms with Gasteiger partial charge in [-0.15, -0.1) is 0 Å². The number of ether oxygens (including phenoxy) is 2. The van der Waals surface area contributed by atoms with Crippen molar-refractivity contribution in [2.75, 3.05) is 6.61 Å². The summed E-state index contributed by atoms with van der Waals surface area (Å²) in [6.07, 6.45) is -11.6. The Bertz CT molecular complexity index is 478. The molecule has 1 rings (SSSR count). The van der Waals surface area contributed by atoms with E-state index in [-0.39, 0.29) is 29.6 Å². The van der Waals surface area contributed by atoms with Crippen LogP contribution in [0.15, 0.2) is 0 Å². The third-order valence-electron chi connectivity index (χ3n) is 3.45. The SMILES string of the molecule is O=C(O)CC(CC(=O)O)(OC1O[C@H](CO)[C@@H](O)[C@H](O)[C@H]1O)C(=O)O.[NaH]. The molecule has 140 valence electrons. The van der Waals surface area contributed by atoms with Crippen molar-refractivity contribution >= 4 is 47.5 Å². The molecule has 7 N–H and O–H groups in total. The summed E-state index contributed by atoms with van der Waals surface area (Å²) in [5.74, 6) is -5.32. The third kappa shape index (κ3) is 5.84. The number of rotatable bonds is 8. The van der Waals surface area contributed by atoms with Crippen LogP contribution in [0, 0.1) is 0 Å². The number of carbonyl (C=O) groups is 3. The molecule has 5 atom stereocenters. The Balaban J connectivity index is 0.00000576. The molecule has 0 spiro atoms. The van der Waals surface area contributed by atoms with Gasteiger partial charge in [-0.3, -0.25) is 9.59 Å². The molecule has 1 saturated heterocycles. The van der Waals surface area contributed by atoms with E-state index in [2.05, 4.69) is 0 Å². The Morgan fingerprint density at radius 2 is 1.40 bits per heavy atom. The van der Waals surface area contributed by atoms with E-state index in [1.165, 1.54) is 0 Å². The molecule has 1 heterocycles. The Morgan fingerprint density at radius 3 is 1.76 bits per heavy atom. The fourth-order valence-corrected chi connectivity index (χ4v) is 2.22. The molecule has 0 aromatic carbocycles. The van der Waals surface area contributed by atoms with Gasteiger partial charge in [0.15, 0.2) is 11.9 Å². The van der Waals surface area contributed by atoms with Gasteiger partial charge in [-0.25, -0.2) is 4.79 Å². The molecule has 0 amide bonds. The number of carboxylic acid groups (broad SMARTS) is 3. The van der Waals surface area contributed by atoms with Gasteiger partial charge >= 0.3 is 47.5 Å². The number of hydrogen-bond donors (Lipinski definition) is 7. The van der Waals surface area contributed by atoms with Crippen LogP contribution in [0.25, 0.3) is 0 Å². The summed E-state index contributed by atoms with van der Waals surface area (Å²) in [6.45, 7) is -0.831. The number of aliphatic carboxylic acids is 3. The molecule has 0 aromatic rings. The topological polar surface area (TPSA) is 211 Å². The van der Waals surface area contributed by atoms with Crippen LogP contribution in [-0.2, 0) is 23.9 Å². The van der Waals surface area contributed by atoms with Crippen molar-refractivity contribution in [1.29, 1.82) is 0 Å². The monoisotopic (exact) mass is 378 g/mol. The summed E-state index contributed by atoms with van der Waals surface area (Å²) in [7, 11) is 0. The van der Waals surface area contributed by atoms with Gasteiger partial charge in [-0.05, 0) is 0 Å². The van der Waals surface area contributed by atoms with Crippen molar-refractivity contribution < 1.29 is 59.6 Å². The second kappa shape index (κ2) is 9.75. The molecular weight excluding hydrogens is 359 g/mol. The molecule has 0 aromatic heterocycles. The van der Waals surface area contributed by atoms with Crippen LogP contribution in [0.4, 0.5) is 0 Å². The maximum absolute atomic E-state index is 11.4. The molecule has 13 heteroatoms. The number of carboxylic acids is 3. The zero-order valence-electron chi connectivity index (χ0n) is 12.2. The van der Waals surface area contributed by atoms with E-state index in [9.17, 15) is 34.8 Å². The van der Waals surface area contributed by atoms with Crippen molar-refractivity contribution in [3.05, 3.63) is 0 Å². The van der Waals surface area contributed by atoms with Gasteiger partial charge in [0.25, 0.3) is 0 Å². The first kappa shape index (κ1) is 24.2. The van der Waals surface area contributed by atoms with E-state index < -0.39 is 73.7 Å². The standard InChI is InChI=1S/C12H18O12.Na.H/c13-3-4-7(18)8(19)9(20)10(23-4)24-12(11(21)22,1-5(14)15)2-6(16)17;;/h4,7-10,13,18-20H,1-3H2,(H,14,15)(H,16,17)(H,21,22);;/t4-,7-,8+,9-,10?;;/m1../s1. The Kier molecular flexibility index (Phi) is 9.43. The Morgan fingerprint density at radius 1 is 0.920 bits per heavy atom. The predicted molar refractivity (Wildman–Crippen MR) is 76.9 cm³/mol. The molecule has 0 saturated carbocycles. The molecule has 1 aliphatic rings. The van der Waals surface area contributed by atoms with Crippen LogP contribution in [0.2, 0.25) is 0 Å². The average molecular weight is 378 g/mol. The van der Waals surface area contributed by atoms with Crippen molar-refractivity contribution in [2.24, 2.45) is 0 Å². The van der Waals surface area contributed by atoms with Crippen molar-refractivity contribution in [1.82, 2.24) is 0 Å². The van der Waals surface area contributed by atoms with Gasteiger partial charge in [-0.2, -0.15) is 0 Å². The van der Waals surface area contributed by atoms with Gasteiger partial charge in [0.1, 0.15) is 24.4 Å². The fraction of sp³-hybridized carbons (Fsp3) is 0.750. The molecule has 1 fully saturated rings. The molecule has 12 nitrogen and oxygen atoms in total. The van der Waals surface area contributed by atoms with E-state index in [0.717, 1.165) is 0 Å². The minimum atomic E-state index is -2.80. The normalized spacial score (nSPS) is 29.5. The zero-order valence-corrected chi connectivity index (χ0v) is 12.2. The van der Waals surface area contributed by atoms with Gasteiger partial charge < -0.3 is 45.2 Å². The second-order valence-corrected chi connectivity index (χ2v) is 5.26. The third-order valence-corrected chi connectivity index (χ3v) is 3.45. The molecule has 0 aliphatic carbocycles. The first-order chi connectivity index (χ1) is 11.0. The van der Waals surface area contributed by atoms with Crippen LogP contribution >= 0.6 is 0 Å². The molecule has 0 radical (unpaired) electrons. The zero-order chi connectivity index (χ0) is 18.7. The molecule has 1 unspecified atom stereocenters. The van der Waals surface area contributed by atoms with E-state index in [4.69, 9.17) is 24.8 Å². The average Bonchev–Trinajstić information content (AvgIpc) is 2.46. The van der Waals surface area contributed by atoms with Gasteiger partial charge in [-0.1, -0.05) is 0 Å². The number of hydrogen-bond acceptors (Lipinski definition) is 9. The first-order valence-electron chi connectivity index (χ1n) is 6.69. The van der Waals surface area contributed by atoms with Crippen LogP contribution < -0.4 is 0 Å². The predicted octanol–water partition coefficient (Wildman–Crippen LogP) is -4.07. The van der Waals surface area contributed by atoms with Crippen LogP contribution in [0.5, 0.6) is 0 Å². The van der Waals surface area contributed by atoms with E-state index in [1.54, 1.807) is 0 Å². The number of aliphatic hydroxyl groups is 4. The van der Waals surface area contributed by atoms with E-state index in [0.29, 0.717) is 0 Å². The molecule has 0 bridgehead atoms. The van der Waals surface area contributed by atoms with E-state index in [1.807, 2.05) is 0 Å². The summed E-state index contributed by atoms with van der Waals surface area (Å²) in [5.41, 5.74) is -2.80. The summed E-state index contributed by atoms with van der Waals surface area (Å²) < 4.78 is 9.83. The number of aliphatic hydroxyl groups excluding tert-OH is 4. The van der Waals surface area contributed by atoms with Crippen molar-refractivity contribution in [3.63, 3.8) is 0 Å². The Hall–Kier alpha value is -0.830. The van der Waals surface area contributed by atoms with Gasteiger partial charge in [0, 0.05) is 0 Å². The van der Waals surface area contributed by atoms with Gasteiger partial charge in [0.2, 0.25) is 0 Å². The summed E-state index contributed by atoms with van der Waals surface area (Å²) in [4.78, 5) is 33.2. The fourth-order valence-electron chi connectivity index (χ4n) is 2.22. The Labute approximate surface area is 162 Å². The van der Waals surface area contributed by atoms with Crippen molar-refractivity contribution in [3.8, 4) is 0 Å². The molecule has 1 aliphatic heterocycles. The maximum atomic E-state index is 11.4. The van der Waals surface area contributed by atoms with E-state index >= 15 is 0 Å². The van der Waals surface area contributed by atoms with Crippen LogP contribution in [-0.4, -0.2) is 126 Å². The van der Waals surface area contributed by atoms with Crippen molar-refractivity contribution in [2.45, 2.75) is 49.1 Å². The quantitative estimate of drug-likeness (QED) is 0.201.